The van der Waals surface area contributed by atoms with Gasteiger partial charge in [0, 0.05) is 23.6 Å². The highest BCUT2D eigenvalue weighted by atomic mass is 32.2. The number of aromatic nitrogens is 2. The van der Waals surface area contributed by atoms with Gasteiger partial charge in [0.1, 0.15) is 23.9 Å². The van der Waals surface area contributed by atoms with Crippen LogP contribution >= 0.6 is 11.8 Å². The van der Waals surface area contributed by atoms with Crippen molar-refractivity contribution in [3.8, 4) is 11.5 Å². The summed E-state index contributed by atoms with van der Waals surface area (Å²) in [7, 11) is 1.61. The van der Waals surface area contributed by atoms with Crippen LogP contribution in [-0.4, -0.2) is 35.3 Å². The molecule has 0 bridgehead atoms. The van der Waals surface area contributed by atoms with Crippen LogP contribution in [0.5, 0.6) is 11.5 Å². The predicted octanol–water partition coefficient (Wildman–Crippen LogP) is 3.28. The van der Waals surface area contributed by atoms with Gasteiger partial charge in [-0.05, 0) is 42.3 Å². The van der Waals surface area contributed by atoms with Crippen molar-refractivity contribution in [2.24, 2.45) is 0 Å². The number of nitrogens with zero attached hydrogens (tertiary/aromatic N) is 2. The van der Waals surface area contributed by atoms with Crippen LogP contribution in [0.15, 0.2) is 48.5 Å². The van der Waals surface area contributed by atoms with Crippen LogP contribution in [0.1, 0.15) is 22.4 Å². The lowest BCUT2D eigenvalue weighted by atomic mass is 10.2. The second-order valence-corrected chi connectivity index (χ2v) is 8.69. The summed E-state index contributed by atoms with van der Waals surface area (Å²) in [6, 6.07) is 15.0. The monoisotopic (exact) mass is 466 g/mol. The Kier molecular flexibility index (Phi) is 7.19. The molecule has 9 heteroatoms. The van der Waals surface area contributed by atoms with Crippen LogP contribution in [-0.2, 0) is 34.2 Å². The number of thioether (sulfide) groups is 1. The average molecular weight is 467 g/mol. The van der Waals surface area contributed by atoms with Crippen LogP contribution in [0.2, 0.25) is 0 Å². The Balaban J connectivity index is 1.37. The van der Waals surface area contributed by atoms with Crippen molar-refractivity contribution in [1.82, 2.24) is 15.1 Å². The first-order chi connectivity index (χ1) is 16.0. The molecule has 1 aromatic heterocycles. The second-order valence-electron chi connectivity index (χ2n) is 7.70. The number of fused-ring (bicyclic) bond motifs is 1. The van der Waals surface area contributed by atoms with Gasteiger partial charge in [0.25, 0.3) is 5.91 Å². The first-order valence-corrected chi connectivity index (χ1v) is 11.7. The molecule has 4 rings (SSSR count). The molecule has 172 valence electrons. The Morgan fingerprint density at radius 1 is 1.09 bits per heavy atom. The zero-order chi connectivity index (χ0) is 23.2. The van der Waals surface area contributed by atoms with Crippen LogP contribution < -0.4 is 20.1 Å². The van der Waals surface area contributed by atoms with Crippen molar-refractivity contribution in [3.63, 3.8) is 0 Å². The minimum absolute atomic E-state index is 0.0160. The zero-order valence-electron chi connectivity index (χ0n) is 18.6. The Morgan fingerprint density at radius 3 is 2.67 bits per heavy atom. The summed E-state index contributed by atoms with van der Waals surface area (Å²) >= 11 is 1.73. The molecule has 33 heavy (non-hydrogen) atoms. The van der Waals surface area contributed by atoms with E-state index < -0.39 is 0 Å². The number of carbonyl (C=O) groups is 2. The summed E-state index contributed by atoms with van der Waals surface area (Å²) in [6.45, 7) is 2.25. The maximum atomic E-state index is 12.6. The van der Waals surface area contributed by atoms with E-state index in [1.54, 1.807) is 23.6 Å². The number of amides is 2. The van der Waals surface area contributed by atoms with Crippen LogP contribution in [0, 0.1) is 6.92 Å². The maximum absolute atomic E-state index is 12.6. The number of benzene rings is 2. The molecule has 0 saturated carbocycles. The third kappa shape index (κ3) is 5.87. The fraction of sp³-hybridized carbons (Fsp3) is 0.292. The minimum Gasteiger partial charge on any atom is -0.497 e. The number of methoxy groups -OCH3 is 1. The van der Waals surface area contributed by atoms with Crippen molar-refractivity contribution < 1.29 is 19.1 Å². The van der Waals surface area contributed by atoms with Crippen molar-refractivity contribution in [3.05, 3.63) is 70.9 Å². The Bertz CT molecular complexity index is 1140. The molecule has 0 spiro atoms. The lowest BCUT2D eigenvalue weighted by Gasteiger charge is -2.12. The number of rotatable bonds is 9. The molecule has 0 atom stereocenters. The molecule has 2 N–H and O–H groups in total. The summed E-state index contributed by atoms with van der Waals surface area (Å²) in [4.78, 5) is 25.2. The molecule has 2 amide bonds. The summed E-state index contributed by atoms with van der Waals surface area (Å²) in [5, 5.41) is 10.4. The molecule has 2 heterocycles. The fourth-order valence-corrected chi connectivity index (χ4v) is 4.51. The van der Waals surface area contributed by atoms with Crippen molar-refractivity contribution in [2.45, 2.75) is 31.5 Å². The van der Waals surface area contributed by atoms with E-state index in [2.05, 4.69) is 15.7 Å². The highest BCUT2D eigenvalue weighted by molar-refractivity contribution is 7.98. The van der Waals surface area contributed by atoms with E-state index in [1.807, 2.05) is 55.5 Å². The van der Waals surface area contributed by atoms with E-state index in [0.717, 1.165) is 39.6 Å². The molecule has 1 aliphatic heterocycles. The SMILES string of the molecule is COc1ccc(CNC(=O)Cn2nc3c(c2NC(=O)COc2cccc(C)c2)CSC3)cc1. The van der Waals surface area contributed by atoms with Crippen LogP contribution in [0.25, 0.3) is 0 Å². The van der Waals surface area contributed by atoms with Gasteiger partial charge in [-0.2, -0.15) is 16.9 Å². The number of aryl methyl sites for hydroxylation is 1. The quantitative estimate of drug-likeness (QED) is 0.503. The van der Waals surface area contributed by atoms with Gasteiger partial charge in [-0.25, -0.2) is 4.68 Å². The first kappa shape index (κ1) is 22.7. The normalized spacial score (nSPS) is 12.2. The number of nitrogens with one attached hydrogen (secondary N) is 2. The van der Waals surface area contributed by atoms with E-state index >= 15 is 0 Å². The lowest BCUT2D eigenvalue weighted by molar-refractivity contribution is -0.122. The Labute approximate surface area is 196 Å². The third-order valence-electron chi connectivity index (χ3n) is 5.18. The van der Waals surface area contributed by atoms with E-state index in [-0.39, 0.29) is 25.0 Å². The van der Waals surface area contributed by atoms with Crippen molar-refractivity contribution >= 4 is 29.4 Å². The second kappa shape index (κ2) is 10.4. The lowest BCUT2D eigenvalue weighted by Crippen LogP contribution is -2.29. The molecular formula is C24H26N4O4S. The topological polar surface area (TPSA) is 94.5 Å². The maximum Gasteiger partial charge on any atom is 0.263 e. The van der Waals surface area contributed by atoms with E-state index in [9.17, 15) is 9.59 Å². The molecule has 0 aliphatic carbocycles. The number of carbonyl (C=O) groups excluding carboxylic acids is 2. The number of ether oxygens (including phenoxy) is 2. The van der Waals surface area contributed by atoms with Gasteiger partial charge >= 0.3 is 0 Å². The van der Waals surface area contributed by atoms with Gasteiger partial charge in [-0.3, -0.25) is 9.59 Å². The molecule has 2 aromatic carbocycles. The van der Waals surface area contributed by atoms with Gasteiger partial charge in [0.2, 0.25) is 5.91 Å². The van der Waals surface area contributed by atoms with Gasteiger partial charge < -0.3 is 20.1 Å². The number of hydrogen-bond acceptors (Lipinski definition) is 6. The third-order valence-corrected chi connectivity index (χ3v) is 6.15. The number of hydrogen-bond donors (Lipinski definition) is 2. The van der Waals surface area contributed by atoms with E-state index in [4.69, 9.17) is 9.47 Å². The standard InChI is InChI=1S/C24H26N4O4S/c1-16-4-3-5-19(10-16)32-13-23(30)26-24-20-14-33-15-21(20)27-28(24)12-22(29)25-11-17-6-8-18(31-2)9-7-17/h3-10H,11-15H2,1-2H3,(H,25,29)(H,26,30). The molecule has 8 nitrogen and oxygen atoms in total. The first-order valence-electron chi connectivity index (χ1n) is 10.6. The zero-order valence-corrected chi connectivity index (χ0v) is 19.4. The van der Waals surface area contributed by atoms with Gasteiger partial charge in [-0.1, -0.05) is 24.3 Å². The fourth-order valence-electron chi connectivity index (χ4n) is 3.48. The van der Waals surface area contributed by atoms with Gasteiger partial charge in [0.15, 0.2) is 6.61 Å². The van der Waals surface area contributed by atoms with Crippen molar-refractivity contribution in [2.75, 3.05) is 19.0 Å². The Morgan fingerprint density at radius 2 is 1.91 bits per heavy atom. The molecule has 0 radical (unpaired) electrons. The molecular weight excluding hydrogens is 440 g/mol. The highest BCUT2D eigenvalue weighted by Crippen LogP contribution is 2.34. The summed E-state index contributed by atoms with van der Waals surface area (Å²) in [6.07, 6.45) is 0. The van der Waals surface area contributed by atoms with E-state index in [0.29, 0.717) is 18.1 Å². The predicted molar refractivity (Wildman–Crippen MR) is 127 cm³/mol. The molecule has 3 aromatic rings. The highest BCUT2D eigenvalue weighted by Gasteiger charge is 2.25. The molecule has 0 unspecified atom stereocenters. The van der Waals surface area contributed by atoms with Crippen LogP contribution in [0.4, 0.5) is 5.82 Å². The van der Waals surface area contributed by atoms with E-state index in [1.165, 1.54) is 0 Å². The van der Waals surface area contributed by atoms with Gasteiger partial charge in [-0.15, -0.1) is 0 Å². The van der Waals surface area contributed by atoms with Crippen LogP contribution in [0.3, 0.4) is 0 Å². The Hall–Kier alpha value is -3.46. The largest absolute Gasteiger partial charge is 0.497 e. The molecule has 0 saturated heterocycles. The minimum atomic E-state index is -0.295. The summed E-state index contributed by atoms with van der Waals surface area (Å²) in [5.74, 6) is 2.99. The average Bonchev–Trinajstić information content (AvgIpc) is 3.39. The number of anilines is 1. The summed E-state index contributed by atoms with van der Waals surface area (Å²) in [5.41, 5.74) is 3.89. The van der Waals surface area contributed by atoms with Gasteiger partial charge in [0.05, 0.1) is 12.8 Å². The molecule has 0 fully saturated rings. The molecule has 1 aliphatic rings. The van der Waals surface area contributed by atoms with Crippen molar-refractivity contribution in [1.29, 1.82) is 0 Å². The smallest absolute Gasteiger partial charge is 0.263 e. The summed E-state index contributed by atoms with van der Waals surface area (Å²) < 4.78 is 12.3.